The highest BCUT2D eigenvalue weighted by molar-refractivity contribution is 5.70. The van der Waals surface area contributed by atoms with Gasteiger partial charge >= 0.3 is 11.9 Å². The molecule has 0 rings (SSSR count). The van der Waals surface area contributed by atoms with E-state index in [1.54, 1.807) is 0 Å². The summed E-state index contributed by atoms with van der Waals surface area (Å²) in [5, 5.41) is 9.68. The van der Waals surface area contributed by atoms with E-state index < -0.39 is 6.10 Å². The van der Waals surface area contributed by atoms with Crippen LogP contribution in [0.15, 0.2) is 158 Å². The second-order valence-electron chi connectivity index (χ2n) is 21.4. The number of aliphatic hydroxyl groups is 1. The Bertz CT molecular complexity index is 1730. The molecule has 0 aliphatic heterocycles. The largest absolute Gasteiger partial charge is 0.462 e. The average molecular weight is 1100 g/mol. The first kappa shape index (κ1) is 75.5. The SMILES string of the molecule is CC/C=C\C/C=C\C/C=C\C/C=C\C/C=C\C/C=C\C/C=C\CCCCCC(=O)OC(CO)COC(=O)CCCCCCCCCCCCCCCCCCCCCCCC/C=C\C/C=C\C/C=C\C/C=C\C/C=C\C/C=C\CC. The van der Waals surface area contributed by atoms with Gasteiger partial charge in [0, 0.05) is 12.8 Å². The second kappa shape index (κ2) is 68.8. The van der Waals surface area contributed by atoms with Gasteiger partial charge in [-0.2, -0.15) is 0 Å². The summed E-state index contributed by atoms with van der Waals surface area (Å²) < 4.78 is 10.7. The van der Waals surface area contributed by atoms with E-state index in [9.17, 15) is 14.7 Å². The summed E-state index contributed by atoms with van der Waals surface area (Å²) in [5.41, 5.74) is 0. The molecule has 80 heavy (non-hydrogen) atoms. The fraction of sp³-hybridized carbons (Fsp3) is 0.627. The molecule has 0 aliphatic rings. The molecule has 5 heteroatoms. The van der Waals surface area contributed by atoms with Crippen molar-refractivity contribution in [2.75, 3.05) is 13.2 Å². The van der Waals surface area contributed by atoms with E-state index in [4.69, 9.17) is 9.47 Å². The quantitative estimate of drug-likeness (QED) is 0.0373. The minimum absolute atomic E-state index is 0.0859. The molecule has 1 N–H and O–H groups in total. The van der Waals surface area contributed by atoms with Gasteiger partial charge in [0.05, 0.1) is 6.61 Å². The zero-order valence-corrected chi connectivity index (χ0v) is 51.8. The summed E-state index contributed by atoms with van der Waals surface area (Å²) in [6, 6.07) is 0. The van der Waals surface area contributed by atoms with Gasteiger partial charge in [-0.3, -0.25) is 9.59 Å². The maximum Gasteiger partial charge on any atom is 0.306 e. The number of ether oxygens (including phenoxy) is 2. The third-order valence-electron chi connectivity index (χ3n) is 13.8. The molecule has 1 unspecified atom stereocenters. The van der Waals surface area contributed by atoms with Crippen LogP contribution in [0.2, 0.25) is 0 Å². The molecule has 0 heterocycles. The lowest BCUT2D eigenvalue weighted by atomic mass is 10.0. The first-order valence-corrected chi connectivity index (χ1v) is 33.0. The lowest BCUT2D eigenvalue weighted by Gasteiger charge is -2.15. The van der Waals surface area contributed by atoms with Crippen molar-refractivity contribution in [2.45, 2.75) is 290 Å². The first-order chi connectivity index (χ1) is 39.6. The third kappa shape index (κ3) is 66.0. The smallest absolute Gasteiger partial charge is 0.306 e. The normalized spacial score (nSPS) is 13.3. The number of carbonyl (C=O) groups is 2. The van der Waals surface area contributed by atoms with Gasteiger partial charge in [-0.25, -0.2) is 0 Å². The van der Waals surface area contributed by atoms with Gasteiger partial charge in [0.25, 0.3) is 0 Å². The van der Waals surface area contributed by atoms with Gasteiger partial charge in [0.1, 0.15) is 6.61 Å². The third-order valence-corrected chi connectivity index (χ3v) is 13.8. The first-order valence-electron chi connectivity index (χ1n) is 33.0. The molecule has 0 saturated heterocycles. The summed E-state index contributed by atoms with van der Waals surface area (Å²) in [7, 11) is 0. The van der Waals surface area contributed by atoms with Crippen LogP contribution in [0.25, 0.3) is 0 Å². The Hall–Kier alpha value is -4.48. The number of rotatable bonds is 59. The topological polar surface area (TPSA) is 72.8 Å². The standard InChI is InChI=1S/C75H122O5/c1-3-5-7-9-11-13-15-17-19-21-23-25-27-29-30-31-32-33-34-35-36-37-38-39-40-41-42-43-44-46-47-49-51-53-55-57-59-61-63-65-67-69-74(77)79-72-73(71-76)80-75(78)70-68-66-64-62-60-58-56-54-52-50-48-45-28-26-24-22-20-18-16-14-12-10-8-6-4-2/h5-8,11-14,17-20,23-26,29-30,32-33,45,48,52,54,58,60,73,76H,3-4,9-10,15-16,21-22,27-28,31,34-44,46-47,49-51,53,55-57,59,61-72H2,1-2H3/b7-5-,8-6-,13-11-,14-12-,19-17-,20-18-,25-23-,26-24-,30-29-,33-32-,48-45-,54-52-,60-58-. The van der Waals surface area contributed by atoms with Crippen LogP contribution in [-0.4, -0.2) is 36.4 Å². The van der Waals surface area contributed by atoms with Gasteiger partial charge in [-0.15, -0.1) is 0 Å². The Balaban J connectivity index is 3.51. The van der Waals surface area contributed by atoms with Crippen LogP contribution < -0.4 is 0 Å². The lowest BCUT2D eigenvalue weighted by molar-refractivity contribution is -0.161. The molecule has 0 aromatic rings. The van der Waals surface area contributed by atoms with Crippen molar-refractivity contribution >= 4 is 11.9 Å². The second-order valence-corrected chi connectivity index (χ2v) is 21.4. The number of unbranched alkanes of at least 4 members (excludes halogenated alkanes) is 25. The number of hydrogen-bond donors (Lipinski definition) is 1. The minimum Gasteiger partial charge on any atom is -0.462 e. The summed E-state index contributed by atoms with van der Waals surface area (Å²) in [6.45, 7) is 3.89. The predicted molar refractivity (Wildman–Crippen MR) is 352 cm³/mol. The number of carbonyl (C=O) groups excluding carboxylic acids is 2. The fourth-order valence-electron chi connectivity index (χ4n) is 8.95. The van der Waals surface area contributed by atoms with E-state index in [0.29, 0.717) is 12.8 Å². The van der Waals surface area contributed by atoms with Gasteiger partial charge in [0.15, 0.2) is 6.10 Å². The maximum absolute atomic E-state index is 12.3. The Kier molecular flexibility index (Phi) is 64.9. The Morgan fingerprint density at radius 3 is 0.762 bits per heavy atom. The van der Waals surface area contributed by atoms with Crippen molar-refractivity contribution in [3.63, 3.8) is 0 Å². The Morgan fingerprint density at radius 2 is 0.500 bits per heavy atom. The molecule has 0 aromatic carbocycles. The van der Waals surface area contributed by atoms with E-state index in [0.717, 1.165) is 128 Å². The predicted octanol–water partition coefficient (Wildman–Crippen LogP) is 23.1. The molecule has 0 saturated carbocycles. The van der Waals surface area contributed by atoms with Crippen LogP contribution >= 0.6 is 0 Å². The minimum atomic E-state index is -0.800. The van der Waals surface area contributed by atoms with Gasteiger partial charge in [-0.05, 0) is 122 Å². The Morgan fingerprint density at radius 1 is 0.287 bits per heavy atom. The van der Waals surface area contributed by atoms with Crippen LogP contribution in [-0.2, 0) is 19.1 Å². The molecular weight excluding hydrogens is 981 g/mol. The van der Waals surface area contributed by atoms with Crippen molar-refractivity contribution in [2.24, 2.45) is 0 Å². The van der Waals surface area contributed by atoms with Gasteiger partial charge < -0.3 is 14.6 Å². The van der Waals surface area contributed by atoms with Crippen molar-refractivity contribution in [1.82, 2.24) is 0 Å². The number of hydrogen-bond acceptors (Lipinski definition) is 5. The molecule has 5 nitrogen and oxygen atoms in total. The highest BCUT2D eigenvalue weighted by atomic mass is 16.6. The van der Waals surface area contributed by atoms with Crippen LogP contribution in [0.1, 0.15) is 284 Å². The average Bonchev–Trinajstić information content (AvgIpc) is 3.46. The molecule has 1 atom stereocenters. The van der Waals surface area contributed by atoms with Crippen molar-refractivity contribution in [1.29, 1.82) is 0 Å². The molecule has 0 fully saturated rings. The van der Waals surface area contributed by atoms with E-state index in [1.165, 1.54) is 128 Å². The summed E-state index contributed by atoms with van der Waals surface area (Å²) in [6.07, 6.45) is 105. The van der Waals surface area contributed by atoms with Crippen LogP contribution in [0.5, 0.6) is 0 Å². The molecule has 452 valence electrons. The number of aliphatic hydroxyl groups excluding tert-OH is 1. The molecule has 0 amide bonds. The molecule has 0 aromatic heterocycles. The molecule has 0 aliphatic carbocycles. The highest BCUT2D eigenvalue weighted by Gasteiger charge is 2.16. The van der Waals surface area contributed by atoms with Crippen molar-refractivity contribution in [3.8, 4) is 0 Å². The van der Waals surface area contributed by atoms with Crippen LogP contribution in [0.4, 0.5) is 0 Å². The summed E-state index contributed by atoms with van der Waals surface area (Å²) in [4.78, 5) is 24.6. The number of esters is 2. The lowest BCUT2D eigenvalue weighted by Crippen LogP contribution is -2.28. The summed E-state index contributed by atoms with van der Waals surface area (Å²) in [5.74, 6) is -0.630. The van der Waals surface area contributed by atoms with Gasteiger partial charge in [-0.1, -0.05) is 307 Å². The van der Waals surface area contributed by atoms with E-state index in [2.05, 4.69) is 172 Å². The van der Waals surface area contributed by atoms with Crippen LogP contribution in [0, 0.1) is 0 Å². The van der Waals surface area contributed by atoms with Crippen molar-refractivity contribution < 1.29 is 24.2 Å². The number of allylic oxidation sites excluding steroid dienone is 26. The fourth-order valence-corrected chi connectivity index (χ4v) is 8.95. The zero-order chi connectivity index (χ0) is 57.6. The van der Waals surface area contributed by atoms with Gasteiger partial charge in [0.2, 0.25) is 0 Å². The Labute approximate surface area is 494 Å². The molecule has 0 radical (unpaired) electrons. The van der Waals surface area contributed by atoms with E-state index in [-0.39, 0.29) is 25.2 Å². The van der Waals surface area contributed by atoms with E-state index >= 15 is 0 Å². The molecule has 0 spiro atoms. The van der Waals surface area contributed by atoms with Crippen molar-refractivity contribution in [3.05, 3.63) is 158 Å². The van der Waals surface area contributed by atoms with Crippen LogP contribution in [0.3, 0.4) is 0 Å². The highest BCUT2D eigenvalue weighted by Crippen LogP contribution is 2.17. The maximum atomic E-state index is 12.3. The zero-order valence-electron chi connectivity index (χ0n) is 51.8. The molecular formula is C75H122O5. The summed E-state index contributed by atoms with van der Waals surface area (Å²) >= 11 is 0. The molecule has 0 bridgehead atoms. The monoisotopic (exact) mass is 1100 g/mol. The van der Waals surface area contributed by atoms with E-state index in [1.807, 2.05) is 0 Å².